The Morgan fingerprint density at radius 2 is 0.604 bits per heavy atom. The van der Waals surface area contributed by atoms with Crippen LogP contribution in [0.4, 0.5) is 39.5 Å². The maximum atomic E-state index is 16.1. The summed E-state index contributed by atoms with van der Waals surface area (Å²) in [6, 6.07) is 70.5. The van der Waals surface area contributed by atoms with E-state index in [-0.39, 0.29) is 39.2 Å². The SMILES string of the molecule is Cc1ccc2c3ccccc3n(-c3ccc(-c4c(C)cccc4C(F)(F)F)c(-n4c5ccccc5c5ccc(C)cc54)c3C#N)c2c1.Cc1ccc2c3ccccc3n(-c3ccc(-c4c(C)cccc4C(F)(F)F)c(-n4c5ccccc5c5ccc(C)cc54)c3C(F)(F)F)c2c1. The Bertz CT molecular complexity index is 5960. The molecule has 0 unspecified atom stereocenters. The third-order valence-electron chi connectivity index (χ3n) is 18.6. The molecule has 5 nitrogen and oxygen atoms in total. The zero-order valence-corrected chi connectivity index (χ0v) is 52.6. The van der Waals surface area contributed by atoms with E-state index in [0.717, 1.165) is 88.8 Å². The van der Waals surface area contributed by atoms with Crippen LogP contribution in [0.3, 0.4) is 0 Å². The smallest absolute Gasteiger partial charge is 0.309 e. The van der Waals surface area contributed by atoms with Crippen molar-refractivity contribution in [3.05, 3.63) is 286 Å². The molecule has 0 aliphatic carbocycles. The summed E-state index contributed by atoms with van der Waals surface area (Å²) < 4.78 is 144. The van der Waals surface area contributed by atoms with Gasteiger partial charge in [-0.2, -0.15) is 44.8 Å². The Kier molecular flexibility index (Phi) is 14.2. The number of benzene rings is 12. The predicted molar refractivity (Wildman–Crippen MR) is 369 cm³/mol. The molecule has 0 bridgehead atoms. The van der Waals surface area contributed by atoms with Crippen LogP contribution < -0.4 is 0 Å². The van der Waals surface area contributed by atoms with Crippen LogP contribution in [0, 0.1) is 52.9 Å². The molecule has 4 heterocycles. The van der Waals surface area contributed by atoms with Crippen molar-refractivity contribution in [3.63, 3.8) is 0 Å². The lowest BCUT2D eigenvalue weighted by atomic mass is 9.90. The zero-order chi connectivity index (χ0) is 67.0. The molecule has 0 aliphatic rings. The monoisotopic (exact) mass is 1280 g/mol. The molecule has 96 heavy (non-hydrogen) atoms. The maximum absolute atomic E-state index is 16.1. The van der Waals surface area contributed by atoms with E-state index in [2.05, 4.69) is 34.9 Å². The van der Waals surface area contributed by atoms with E-state index in [0.29, 0.717) is 55.3 Å². The number of aromatic nitrogens is 4. The number of aryl methyl sites for hydroxylation is 6. The second kappa shape index (κ2) is 22.4. The molecule has 0 N–H and O–H groups in total. The summed E-state index contributed by atoms with van der Waals surface area (Å²) in [6.07, 6.45) is -14.4. The third-order valence-corrected chi connectivity index (χ3v) is 18.6. The van der Waals surface area contributed by atoms with Crippen LogP contribution in [-0.2, 0) is 18.5 Å². The van der Waals surface area contributed by atoms with Crippen molar-refractivity contribution in [2.45, 2.75) is 60.1 Å². The lowest BCUT2D eigenvalue weighted by molar-refractivity contribution is -0.138. The Morgan fingerprint density at radius 1 is 0.292 bits per heavy atom. The molecular weight excluding hydrogens is 1230 g/mol. The normalized spacial score (nSPS) is 12.3. The summed E-state index contributed by atoms with van der Waals surface area (Å²) in [5, 5.41) is 18.1. The van der Waals surface area contributed by atoms with Crippen molar-refractivity contribution < 1.29 is 39.5 Å². The molecule has 0 aliphatic heterocycles. The van der Waals surface area contributed by atoms with Crippen molar-refractivity contribution in [1.82, 2.24) is 18.3 Å². The van der Waals surface area contributed by atoms with Gasteiger partial charge in [0, 0.05) is 54.2 Å². The van der Waals surface area contributed by atoms with Crippen molar-refractivity contribution in [1.29, 1.82) is 5.26 Å². The van der Waals surface area contributed by atoms with E-state index < -0.39 is 35.2 Å². The van der Waals surface area contributed by atoms with Crippen LogP contribution in [-0.4, -0.2) is 18.3 Å². The molecule has 4 aromatic heterocycles. The second-order valence-corrected chi connectivity index (χ2v) is 24.8. The Labute approximate surface area is 544 Å². The van der Waals surface area contributed by atoms with Gasteiger partial charge in [0.2, 0.25) is 0 Å². The highest BCUT2D eigenvalue weighted by Gasteiger charge is 2.43. The Balaban J connectivity index is 0.000000158. The summed E-state index contributed by atoms with van der Waals surface area (Å²) >= 11 is 0. The fourth-order valence-corrected chi connectivity index (χ4v) is 14.6. The Morgan fingerprint density at radius 3 is 0.969 bits per heavy atom. The van der Waals surface area contributed by atoms with E-state index in [1.807, 2.05) is 141 Å². The highest BCUT2D eigenvalue weighted by atomic mass is 19.4. The highest BCUT2D eigenvalue weighted by molar-refractivity contribution is 6.14. The van der Waals surface area contributed by atoms with Gasteiger partial charge in [0.05, 0.1) is 78.0 Å². The van der Waals surface area contributed by atoms with Gasteiger partial charge in [-0.15, -0.1) is 0 Å². The predicted octanol–water partition coefficient (Wildman–Crippen LogP) is 23.9. The van der Waals surface area contributed by atoms with E-state index in [1.165, 1.54) is 41.8 Å². The molecule has 472 valence electrons. The van der Waals surface area contributed by atoms with Crippen molar-refractivity contribution in [3.8, 4) is 51.1 Å². The average Bonchev–Trinajstić information content (AvgIpc) is 1.56. The summed E-state index contributed by atoms with van der Waals surface area (Å²) in [5.41, 5.74) is 7.84. The minimum absolute atomic E-state index is 0.0645. The van der Waals surface area contributed by atoms with Crippen LogP contribution in [0.1, 0.15) is 55.6 Å². The first kappa shape index (κ1) is 60.9. The van der Waals surface area contributed by atoms with Crippen molar-refractivity contribution in [2.75, 3.05) is 0 Å². The van der Waals surface area contributed by atoms with Crippen LogP contribution in [0.15, 0.2) is 231 Å². The molecule has 0 atom stereocenters. The number of hydrogen-bond acceptors (Lipinski definition) is 1. The number of rotatable bonds is 6. The minimum Gasteiger partial charge on any atom is -0.309 e. The summed E-state index contributed by atoms with van der Waals surface area (Å²) in [6.45, 7) is 10.9. The van der Waals surface area contributed by atoms with E-state index >= 15 is 13.2 Å². The van der Waals surface area contributed by atoms with Crippen LogP contribution >= 0.6 is 0 Å². The van der Waals surface area contributed by atoms with Gasteiger partial charge < -0.3 is 18.3 Å². The standard InChI is InChI=1S/C41H28F6N2.C41H28F3N3/c1-23-15-17-28-26-10-4-6-13-32(26)48(35(28)21-23)34-20-19-30(37-25(3)9-8-12-31(37)40(42,43)44)39(38(34)41(45,46)47)49-33-14-7-5-11-27(33)29-18-16-24(2)22-36(29)49;1-24-15-17-29-27-10-4-6-13-34(27)46(37(29)21-24)36-20-19-31(39-26(3)9-8-12-33(39)41(42,43)44)40(32(36)23-45)47-35-14-7-5-11-28(35)30-18-16-25(2)22-38(30)47/h4-22H,1-3H3;4-22H,1-3H3. The first-order valence-electron chi connectivity index (χ1n) is 31.2. The molecule has 0 spiro atoms. The van der Waals surface area contributed by atoms with Gasteiger partial charge in [-0.1, -0.05) is 158 Å². The van der Waals surface area contributed by atoms with Crippen molar-refractivity contribution >= 4 is 87.2 Å². The molecule has 16 aromatic rings. The molecular formula is C82H56F9N5. The zero-order valence-electron chi connectivity index (χ0n) is 52.6. The van der Waals surface area contributed by atoms with E-state index in [1.54, 1.807) is 66.1 Å². The number of fused-ring (bicyclic) bond motifs is 12. The largest absolute Gasteiger partial charge is 0.420 e. The van der Waals surface area contributed by atoms with Gasteiger partial charge in [-0.3, -0.25) is 0 Å². The maximum Gasteiger partial charge on any atom is 0.420 e. The topological polar surface area (TPSA) is 43.5 Å². The number of nitriles is 1. The van der Waals surface area contributed by atoms with E-state index in [9.17, 15) is 31.6 Å². The average molecular weight is 1280 g/mol. The highest BCUT2D eigenvalue weighted by Crippen LogP contribution is 2.52. The summed E-state index contributed by atoms with van der Waals surface area (Å²) in [4.78, 5) is 0. The van der Waals surface area contributed by atoms with Gasteiger partial charge in [-0.25, -0.2) is 0 Å². The first-order valence-corrected chi connectivity index (χ1v) is 31.2. The number of para-hydroxylation sites is 4. The molecule has 0 radical (unpaired) electrons. The molecule has 14 heteroatoms. The number of nitrogens with zero attached hydrogens (tertiary/aromatic N) is 5. The molecule has 0 saturated carbocycles. The summed E-state index contributed by atoms with van der Waals surface area (Å²) in [7, 11) is 0. The number of halogens is 9. The lowest BCUT2D eigenvalue weighted by Gasteiger charge is -2.26. The van der Waals surface area contributed by atoms with E-state index in [4.69, 9.17) is 0 Å². The quantitative estimate of drug-likeness (QED) is 0.153. The lowest BCUT2D eigenvalue weighted by Crippen LogP contribution is -2.18. The third kappa shape index (κ3) is 9.69. The van der Waals surface area contributed by atoms with Crippen LogP contribution in [0.2, 0.25) is 0 Å². The van der Waals surface area contributed by atoms with Crippen LogP contribution in [0.5, 0.6) is 0 Å². The van der Waals surface area contributed by atoms with Gasteiger partial charge in [-0.05, 0) is 159 Å². The van der Waals surface area contributed by atoms with Crippen LogP contribution in [0.25, 0.3) is 132 Å². The van der Waals surface area contributed by atoms with Gasteiger partial charge >= 0.3 is 18.5 Å². The molecule has 12 aromatic carbocycles. The number of alkyl halides is 9. The fourth-order valence-electron chi connectivity index (χ4n) is 14.6. The molecule has 0 saturated heterocycles. The minimum atomic E-state index is -5.00. The molecule has 16 rings (SSSR count). The summed E-state index contributed by atoms with van der Waals surface area (Å²) in [5.74, 6) is 0. The second-order valence-electron chi connectivity index (χ2n) is 24.8. The first-order chi connectivity index (χ1) is 46.0. The molecule has 0 fully saturated rings. The Hall–Kier alpha value is -11.3. The fraction of sp³-hybridized carbons (Fsp3) is 0.110. The van der Waals surface area contributed by atoms with Gasteiger partial charge in [0.25, 0.3) is 0 Å². The van der Waals surface area contributed by atoms with Gasteiger partial charge in [0.1, 0.15) is 17.2 Å². The molecule has 0 amide bonds. The van der Waals surface area contributed by atoms with Crippen molar-refractivity contribution in [2.24, 2.45) is 0 Å². The number of hydrogen-bond donors (Lipinski definition) is 0. The van der Waals surface area contributed by atoms with Gasteiger partial charge in [0.15, 0.2) is 0 Å².